The highest BCUT2D eigenvalue weighted by Gasteiger charge is 2.37. The van der Waals surface area contributed by atoms with Gasteiger partial charge in [-0.3, -0.25) is 9.59 Å². The van der Waals surface area contributed by atoms with E-state index in [9.17, 15) is 9.59 Å². The van der Waals surface area contributed by atoms with Crippen molar-refractivity contribution in [3.8, 4) is 0 Å². The van der Waals surface area contributed by atoms with Crippen molar-refractivity contribution >= 4 is 23.2 Å². The van der Waals surface area contributed by atoms with Crippen molar-refractivity contribution in [1.29, 1.82) is 0 Å². The Morgan fingerprint density at radius 1 is 0.552 bits per heavy atom. The van der Waals surface area contributed by atoms with E-state index in [0.29, 0.717) is 0 Å². The molecule has 0 N–H and O–H groups in total. The molecule has 2 aromatic rings. The molecule has 2 aliphatic carbocycles. The van der Waals surface area contributed by atoms with Crippen LogP contribution in [-0.2, 0) is 9.59 Å². The van der Waals surface area contributed by atoms with Crippen LogP contribution < -0.4 is 9.80 Å². The zero-order chi connectivity index (χ0) is 20.1. The van der Waals surface area contributed by atoms with E-state index in [1.807, 2.05) is 60.7 Å². The van der Waals surface area contributed by atoms with E-state index in [2.05, 4.69) is 0 Å². The summed E-state index contributed by atoms with van der Waals surface area (Å²) >= 11 is 0. The summed E-state index contributed by atoms with van der Waals surface area (Å²) in [4.78, 5) is 30.8. The van der Waals surface area contributed by atoms with Crippen LogP contribution in [0.15, 0.2) is 60.7 Å². The molecule has 29 heavy (non-hydrogen) atoms. The maximum Gasteiger partial charge on any atom is 0.317 e. The Labute approximate surface area is 173 Å². The molecule has 0 aromatic heterocycles. The third-order valence-electron chi connectivity index (χ3n) is 6.32. The fourth-order valence-corrected chi connectivity index (χ4v) is 4.87. The number of benzene rings is 2. The highest BCUT2D eigenvalue weighted by molar-refractivity contribution is 6.45. The number of carbonyl (C=O) groups is 2. The first-order chi connectivity index (χ1) is 14.3. The van der Waals surface area contributed by atoms with Crippen molar-refractivity contribution in [1.82, 2.24) is 0 Å². The van der Waals surface area contributed by atoms with E-state index in [0.717, 1.165) is 62.7 Å². The lowest BCUT2D eigenvalue weighted by molar-refractivity contribution is -0.136. The predicted octanol–water partition coefficient (Wildman–Crippen LogP) is 5.33. The van der Waals surface area contributed by atoms with Crippen LogP contribution in [0.5, 0.6) is 0 Å². The van der Waals surface area contributed by atoms with Crippen molar-refractivity contribution in [2.45, 2.75) is 69.9 Å². The summed E-state index contributed by atoms with van der Waals surface area (Å²) in [6, 6.07) is 19.6. The molecule has 4 rings (SSSR count). The minimum Gasteiger partial charge on any atom is -0.301 e. The Balaban J connectivity index is 1.66. The molecule has 0 spiro atoms. The maximum absolute atomic E-state index is 13.6. The topological polar surface area (TPSA) is 40.6 Å². The van der Waals surface area contributed by atoms with Crippen molar-refractivity contribution in [3.05, 3.63) is 60.7 Å². The summed E-state index contributed by atoms with van der Waals surface area (Å²) in [5, 5.41) is 0. The zero-order valence-electron chi connectivity index (χ0n) is 17.0. The van der Waals surface area contributed by atoms with Crippen LogP contribution >= 0.6 is 0 Å². The Morgan fingerprint density at radius 3 is 1.28 bits per heavy atom. The lowest BCUT2D eigenvalue weighted by atomic mass is 9.93. The summed E-state index contributed by atoms with van der Waals surface area (Å²) < 4.78 is 0. The largest absolute Gasteiger partial charge is 0.317 e. The second-order valence-electron chi connectivity index (χ2n) is 8.25. The number of para-hydroxylation sites is 2. The molecule has 0 heterocycles. The highest BCUT2D eigenvalue weighted by atomic mass is 16.2. The van der Waals surface area contributed by atoms with Crippen molar-refractivity contribution in [3.63, 3.8) is 0 Å². The van der Waals surface area contributed by atoms with Crippen LogP contribution in [0.2, 0.25) is 0 Å². The molecule has 0 aliphatic heterocycles. The molecule has 0 radical (unpaired) electrons. The molecule has 0 unspecified atom stereocenters. The number of rotatable bonds is 4. The second kappa shape index (κ2) is 9.25. The van der Waals surface area contributed by atoms with Gasteiger partial charge in [0.15, 0.2) is 0 Å². The van der Waals surface area contributed by atoms with E-state index in [1.165, 1.54) is 6.42 Å². The molecule has 2 aliphatic rings. The van der Waals surface area contributed by atoms with E-state index in [-0.39, 0.29) is 18.0 Å². The molecule has 152 valence electrons. The SMILES string of the molecule is O=C(C(=O)N(c1ccccc1)C1CCCC1)N(c1ccccc1)C1CCCCC1. The number of nitrogens with zero attached hydrogens (tertiary/aromatic N) is 2. The smallest absolute Gasteiger partial charge is 0.301 e. The fraction of sp³-hybridized carbons (Fsp3) is 0.440. The van der Waals surface area contributed by atoms with Gasteiger partial charge >= 0.3 is 11.8 Å². The van der Waals surface area contributed by atoms with Crippen LogP contribution in [0.25, 0.3) is 0 Å². The van der Waals surface area contributed by atoms with Gasteiger partial charge in [0.2, 0.25) is 0 Å². The number of anilines is 2. The minimum absolute atomic E-state index is 0.101. The minimum atomic E-state index is -0.391. The normalized spacial score (nSPS) is 17.8. The van der Waals surface area contributed by atoms with E-state index < -0.39 is 5.91 Å². The van der Waals surface area contributed by atoms with E-state index in [4.69, 9.17) is 0 Å². The van der Waals surface area contributed by atoms with Crippen LogP contribution in [0, 0.1) is 0 Å². The van der Waals surface area contributed by atoms with Gasteiger partial charge in [-0.25, -0.2) is 0 Å². The van der Waals surface area contributed by atoms with E-state index in [1.54, 1.807) is 9.80 Å². The fourth-order valence-electron chi connectivity index (χ4n) is 4.87. The number of hydrogen-bond acceptors (Lipinski definition) is 2. The molecule has 4 heteroatoms. The quantitative estimate of drug-likeness (QED) is 0.662. The number of carbonyl (C=O) groups excluding carboxylic acids is 2. The van der Waals surface area contributed by atoms with Gasteiger partial charge in [-0.1, -0.05) is 68.5 Å². The lowest BCUT2D eigenvalue weighted by Crippen LogP contribution is -2.52. The second-order valence-corrected chi connectivity index (χ2v) is 8.25. The average Bonchev–Trinajstić information content (AvgIpc) is 3.30. The summed E-state index contributed by atoms with van der Waals surface area (Å²) in [5.74, 6) is -0.781. The van der Waals surface area contributed by atoms with Gasteiger partial charge in [0, 0.05) is 23.5 Å². The van der Waals surface area contributed by atoms with Crippen LogP contribution in [0.4, 0.5) is 11.4 Å². The summed E-state index contributed by atoms with van der Waals surface area (Å²) in [6.07, 6.45) is 9.50. The molecule has 2 amide bonds. The third kappa shape index (κ3) is 4.36. The monoisotopic (exact) mass is 390 g/mol. The number of amides is 2. The van der Waals surface area contributed by atoms with E-state index >= 15 is 0 Å². The molecular weight excluding hydrogens is 360 g/mol. The van der Waals surface area contributed by atoms with Gasteiger partial charge in [-0.2, -0.15) is 0 Å². The Kier molecular flexibility index (Phi) is 6.28. The lowest BCUT2D eigenvalue weighted by Gasteiger charge is -2.36. The first-order valence-electron chi connectivity index (χ1n) is 11.0. The van der Waals surface area contributed by atoms with Gasteiger partial charge in [0.1, 0.15) is 0 Å². The molecule has 4 nitrogen and oxygen atoms in total. The molecule has 2 aromatic carbocycles. The van der Waals surface area contributed by atoms with Gasteiger partial charge in [-0.05, 0) is 49.9 Å². The highest BCUT2D eigenvalue weighted by Crippen LogP contribution is 2.31. The van der Waals surface area contributed by atoms with Crippen molar-refractivity contribution in [2.75, 3.05) is 9.80 Å². The third-order valence-corrected chi connectivity index (χ3v) is 6.32. The molecular formula is C25H30N2O2. The van der Waals surface area contributed by atoms with Crippen LogP contribution in [0.3, 0.4) is 0 Å². The first-order valence-corrected chi connectivity index (χ1v) is 11.0. The summed E-state index contributed by atoms with van der Waals surface area (Å²) in [5.41, 5.74) is 1.66. The first kappa shape index (κ1) is 19.7. The van der Waals surface area contributed by atoms with Gasteiger partial charge in [0.25, 0.3) is 0 Å². The summed E-state index contributed by atoms with van der Waals surface area (Å²) in [6.45, 7) is 0. The molecule has 0 atom stereocenters. The predicted molar refractivity (Wildman–Crippen MR) is 117 cm³/mol. The van der Waals surface area contributed by atoms with Gasteiger partial charge < -0.3 is 9.80 Å². The van der Waals surface area contributed by atoms with Crippen LogP contribution in [0.1, 0.15) is 57.8 Å². The van der Waals surface area contributed by atoms with Crippen molar-refractivity contribution < 1.29 is 9.59 Å². The van der Waals surface area contributed by atoms with Gasteiger partial charge in [0.05, 0.1) is 0 Å². The Hall–Kier alpha value is -2.62. The van der Waals surface area contributed by atoms with Crippen LogP contribution in [-0.4, -0.2) is 23.9 Å². The maximum atomic E-state index is 13.6. The molecule has 0 saturated heterocycles. The Bertz CT molecular complexity index is 809. The van der Waals surface area contributed by atoms with Gasteiger partial charge in [-0.15, -0.1) is 0 Å². The average molecular weight is 391 g/mol. The number of hydrogen-bond donors (Lipinski definition) is 0. The molecule has 0 bridgehead atoms. The molecule has 2 fully saturated rings. The summed E-state index contributed by atoms with van der Waals surface area (Å²) in [7, 11) is 0. The zero-order valence-corrected chi connectivity index (χ0v) is 17.0. The Morgan fingerprint density at radius 2 is 0.897 bits per heavy atom. The standard InChI is InChI=1S/C25H30N2O2/c28-24(26(20-12-4-1-5-13-20)21-14-6-2-7-15-21)25(29)27(23-18-10-11-19-23)22-16-8-3-9-17-22/h1,3-5,8-9,12-13,16-17,21,23H,2,6-7,10-11,14-15,18-19H2. The van der Waals surface area contributed by atoms with Crippen molar-refractivity contribution in [2.24, 2.45) is 0 Å². The molecule has 2 saturated carbocycles.